The van der Waals surface area contributed by atoms with E-state index in [-0.39, 0.29) is 17.4 Å². The molecule has 2 aliphatic rings. The van der Waals surface area contributed by atoms with Crippen molar-refractivity contribution in [3.05, 3.63) is 119 Å². The normalized spacial score (nSPS) is 17.6. The molecule has 4 nitrogen and oxygen atoms in total. The maximum Gasteiger partial charge on any atom is 0.271 e. The molecule has 0 fully saturated rings. The molecule has 32 heavy (non-hydrogen) atoms. The number of halogens is 2. The Morgan fingerprint density at radius 2 is 1.91 bits per heavy atom. The number of thiazole rings is 1. The molecule has 0 saturated heterocycles. The lowest BCUT2D eigenvalue weighted by Crippen LogP contribution is -2.38. The fraction of sp³-hybridized carbons (Fsp3) is 0.120. The molecule has 0 spiro atoms. The molecule has 2 aromatic heterocycles. The Bertz CT molecular complexity index is 1580. The number of aromatic nitrogens is 1. The van der Waals surface area contributed by atoms with Crippen molar-refractivity contribution in [2.45, 2.75) is 18.9 Å². The molecular formula is C25H16BrFN2O2S. The van der Waals surface area contributed by atoms with Gasteiger partial charge >= 0.3 is 0 Å². The summed E-state index contributed by atoms with van der Waals surface area (Å²) in [5.74, 6) is 0.294. The van der Waals surface area contributed by atoms with Crippen LogP contribution in [0.25, 0.3) is 11.8 Å². The van der Waals surface area contributed by atoms with Crippen molar-refractivity contribution in [3.63, 3.8) is 0 Å². The second-order valence-electron chi connectivity index (χ2n) is 7.81. The van der Waals surface area contributed by atoms with Gasteiger partial charge in [0.15, 0.2) is 9.47 Å². The summed E-state index contributed by atoms with van der Waals surface area (Å²) in [6.45, 7) is 0. The summed E-state index contributed by atoms with van der Waals surface area (Å²) in [5, 5.41) is 0. The molecular weight excluding hydrogens is 491 g/mol. The van der Waals surface area contributed by atoms with E-state index in [1.165, 1.54) is 29.0 Å². The highest BCUT2D eigenvalue weighted by Gasteiger charge is 2.32. The number of furan rings is 1. The van der Waals surface area contributed by atoms with Crippen LogP contribution >= 0.6 is 27.3 Å². The summed E-state index contributed by atoms with van der Waals surface area (Å²) in [7, 11) is 0. The first-order valence-corrected chi connectivity index (χ1v) is 11.8. The number of nitrogens with zero attached hydrogens (tertiary/aromatic N) is 2. The first-order chi connectivity index (χ1) is 15.6. The summed E-state index contributed by atoms with van der Waals surface area (Å²) >= 11 is 4.64. The third-order valence-corrected chi connectivity index (χ3v) is 7.34. The van der Waals surface area contributed by atoms with Crippen LogP contribution in [-0.2, 0) is 6.42 Å². The lowest BCUT2D eigenvalue weighted by atomic mass is 9.83. The minimum absolute atomic E-state index is 0.124. The van der Waals surface area contributed by atoms with Gasteiger partial charge in [0.1, 0.15) is 11.6 Å². The Balaban J connectivity index is 1.64. The third-order valence-electron chi connectivity index (χ3n) is 5.93. The van der Waals surface area contributed by atoms with Gasteiger partial charge in [0.2, 0.25) is 0 Å². The van der Waals surface area contributed by atoms with Gasteiger partial charge in [-0.15, -0.1) is 0 Å². The van der Waals surface area contributed by atoms with Gasteiger partial charge < -0.3 is 4.42 Å². The Hall–Kier alpha value is -3.03. The highest BCUT2D eigenvalue weighted by atomic mass is 79.9. The van der Waals surface area contributed by atoms with E-state index in [1.807, 2.05) is 12.1 Å². The SMILES string of the molecule is O=c1/c(=C\c2ccc(Br)o2)sc2n1C(c1ccc(F)cc1)C1=C(N=2)c2ccccc2CC1. The van der Waals surface area contributed by atoms with Crippen LogP contribution in [0.1, 0.15) is 34.9 Å². The summed E-state index contributed by atoms with van der Waals surface area (Å²) < 4.78 is 22.2. The molecule has 1 unspecified atom stereocenters. The van der Waals surface area contributed by atoms with Crippen molar-refractivity contribution in [1.82, 2.24) is 4.57 Å². The number of hydrogen-bond donors (Lipinski definition) is 0. The summed E-state index contributed by atoms with van der Waals surface area (Å²) in [6, 6.07) is 18.0. The smallest absolute Gasteiger partial charge is 0.271 e. The largest absolute Gasteiger partial charge is 0.450 e. The average Bonchev–Trinajstić information content (AvgIpc) is 3.35. The first-order valence-electron chi connectivity index (χ1n) is 10.2. The van der Waals surface area contributed by atoms with Gasteiger partial charge in [-0.2, -0.15) is 0 Å². The monoisotopic (exact) mass is 506 g/mol. The second kappa shape index (κ2) is 7.53. The molecule has 4 aromatic rings. The highest BCUT2D eigenvalue weighted by Crippen LogP contribution is 2.41. The third kappa shape index (κ3) is 3.15. The quantitative estimate of drug-likeness (QED) is 0.391. The molecule has 7 heteroatoms. The molecule has 0 saturated carbocycles. The summed E-state index contributed by atoms with van der Waals surface area (Å²) in [6.07, 6.45) is 3.42. The maximum atomic E-state index is 13.7. The van der Waals surface area contributed by atoms with Gasteiger partial charge in [0.05, 0.1) is 16.3 Å². The molecule has 2 aromatic carbocycles. The molecule has 1 aliphatic heterocycles. The fourth-order valence-electron chi connectivity index (χ4n) is 4.50. The average molecular weight is 507 g/mol. The summed E-state index contributed by atoms with van der Waals surface area (Å²) in [4.78, 5) is 19.1. The molecule has 3 heterocycles. The zero-order valence-corrected chi connectivity index (χ0v) is 19.1. The lowest BCUT2D eigenvalue weighted by Gasteiger charge is -2.30. The van der Waals surface area contributed by atoms with Crippen molar-refractivity contribution in [1.29, 1.82) is 0 Å². The number of allylic oxidation sites excluding steroid dienone is 1. The van der Waals surface area contributed by atoms with Crippen LogP contribution < -0.4 is 14.9 Å². The van der Waals surface area contributed by atoms with Crippen molar-refractivity contribution >= 4 is 39.0 Å². The van der Waals surface area contributed by atoms with Crippen LogP contribution in [0.2, 0.25) is 0 Å². The van der Waals surface area contributed by atoms with Crippen LogP contribution in [0.5, 0.6) is 0 Å². The number of benzene rings is 2. The Labute approximate surface area is 194 Å². The van der Waals surface area contributed by atoms with Crippen LogP contribution in [0, 0.1) is 5.82 Å². The molecule has 1 aliphatic carbocycles. The van der Waals surface area contributed by atoms with E-state index in [0.717, 1.165) is 35.2 Å². The molecule has 6 rings (SSSR count). The predicted molar refractivity (Wildman–Crippen MR) is 126 cm³/mol. The van der Waals surface area contributed by atoms with Gasteiger partial charge in [-0.3, -0.25) is 9.36 Å². The Kier molecular flexibility index (Phi) is 4.62. The first kappa shape index (κ1) is 19.6. The van der Waals surface area contributed by atoms with E-state index in [4.69, 9.17) is 9.41 Å². The van der Waals surface area contributed by atoms with E-state index in [0.29, 0.717) is 19.8 Å². The van der Waals surface area contributed by atoms with Gasteiger partial charge in [0.25, 0.3) is 5.56 Å². The Morgan fingerprint density at radius 1 is 1.09 bits per heavy atom. The van der Waals surface area contributed by atoms with Crippen LogP contribution in [0.4, 0.5) is 4.39 Å². The van der Waals surface area contributed by atoms with Gasteiger partial charge in [0, 0.05) is 11.6 Å². The van der Waals surface area contributed by atoms with E-state index in [1.54, 1.807) is 34.9 Å². The van der Waals surface area contributed by atoms with Crippen molar-refractivity contribution in [2.24, 2.45) is 4.99 Å². The van der Waals surface area contributed by atoms with E-state index in [2.05, 4.69) is 28.1 Å². The molecule has 158 valence electrons. The van der Waals surface area contributed by atoms with Gasteiger partial charge in [-0.1, -0.05) is 47.7 Å². The number of rotatable bonds is 2. The molecule has 0 radical (unpaired) electrons. The minimum Gasteiger partial charge on any atom is -0.450 e. The molecule has 0 amide bonds. The van der Waals surface area contributed by atoms with Crippen LogP contribution in [0.3, 0.4) is 0 Å². The zero-order chi connectivity index (χ0) is 21.8. The minimum atomic E-state index is -0.319. The standard InChI is InChI=1S/C25H16BrFN2O2S/c26-21-12-10-17(31-21)13-20-24(30)29-23(15-5-8-16(27)9-6-15)19-11-7-14-3-1-2-4-18(14)22(19)28-25(29)32-20/h1-6,8-10,12-13,23H,7,11H2/b20-13+. The zero-order valence-electron chi connectivity index (χ0n) is 16.7. The maximum absolute atomic E-state index is 13.7. The molecule has 0 bridgehead atoms. The van der Waals surface area contributed by atoms with Crippen molar-refractivity contribution in [3.8, 4) is 0 Å². The van der Waals surface area contributed by atoms with Crippen molar-refractivity contribution < 1.29 is 8.81 Å². The van der Waals surface area contributed by atoms with E-state index < -0.39 is 0 Å². The highest BCUT2D eigenvalue weighted by molar-refractivity contribution is 9.10. The van der Waals surface area contributed by atoms with Gasteiger partial charge in [-0.25, -0.2) is 9.38 Å². The van der Waals surface area contributed by atoms with Crippen LogP contribution in [0.15, 0.2) is 85.1 Å². The fourth-order valence-corrected chi connectivity index (χ4v) is 5.80. The topological polar surface area (TPSA) is 47.5 Å². The van der Waals surface area contributed by atoms with E-state index >= 15 is 0 Å². The van der Waals surface area contributed by atoms with Crippen molar-refractivity contribution in [2.75, 3.05) is 0 Å². The molecule has 0 N–H and O–H groups in total. The number of fused-ring (bicyclic) bond motifs is 3. The van der Waals surface area contributed by atoms with E-state index in [9.17, 15) is 9.18 Å². The number of aryl methyl sites for hydroxylation is 1. The lowest BCUT2D eigenvalue weighted by molar-refractivity contribution is 0.531. The molecule has 1 atom stereocenters. The van der Waals surface area contributed by atoms with Crippen LogP contribution in [-0.4, -0.2) is 4.57 Å². The number of hydrogen-bond acceptors (Lipinski definition) is 4. The summed E-state index contributed by atoms with van der Waals surface area (Å²) in [5.41, 5.74) is 5.13. The Morgan fingerprint density at radius 3 is 2.69 bits per heavy atom. The second-order valence-corrected chi connectivity index (χ2v) is 9.60. The predicted octanol–water partition coefficient (Wildman–Crippen LogP) is 4.81. The van der Waals surface area contributed by atoms with Gasteiger partial charge in [-0.05, 0) is 69.7 Å².